The summed E-state index contributed by atoms with van der Waals surface area (Å²) in [5.74, 6) is -1.71. The van der Waals surface area contributed by atoms with Crippen molar-refractivity contribution >= 4 is 51.7 Å². The van der Waals surface area contributed by atoms with E-state index in [0.29, 0.717) is 57.7 Å². The molecule has 11 nitrogen and oxygen atoms in total. The van der Waals surface area contributed by atoms with Gasteiger partial charge >= 0.3 is 21.3 Å². The van der Waals surface area contributed by atoms with Crippen molar-refractivity contribution in [3.05, 3.63) is 147 Å². The zero-order chi connectivity index (χ0) is 49.0. The van der Waals surface area contributed by atoms with E-state index in [-0.39, 0.29) is 28.4 Å². The first-order valence-electron chi connectivity index (χ1n) is 21.3. The number of esters is 2. The lowest BCUT2D eigenvalue weighted by atomic mass is 9.87. The van der Waals surface area contributed by atoms with Crippen LogP contribution >= 0.6 is 21.4 Å². The molecule has 0 unspecified atom stereocenters. The SMILES string of the molecule is COC(=O)c1c(C(C)C)nc2c(c1-c1ccc(F)cc1)CCCc1ccc(S(=O)(=O)Cl)cc1-2.COC(=O)c1c(C(C)C)nc2c(c1-c1ccc(F)cc1)CCCc1ccccc1-2.O=S(=O)(O)Cl. The summed E-state index contributed by atoms with van der Waals surface area (Å²) in [5.41, 5.74) is 12.4. The number of rotatable bonds is 7. The van der Waals surface area contributed by atoms with Crippen LogP contribution in [0.15, 0.2) is 95.9 Å². The highest BCUT2D eigenvalue weighted by atomic mass is 35.7. The van der Waals surface area contributed by atoms with Crippen molar-refractivity contribution in [3.8, 4) is 44.8 Å². The van der Waals surface area contributed by atoms with E-state index in [4.69, 9.17) is 43.1 Å². The van der Waals surface area contributed by atoms with Crippen molar-refractivity contribution in [2.45, 2.75) is 83.0 Å². The van der Waals surface area contributed by atoms with E-state index in [1.54, 1.807) is 36.4 Å². The van der Waals surface area contributed by atoms with E-state index in [1.807, 2.05) is 33.8 Å². The highest BCUT2D eigenvalue weighted by molar-refractivity contribution is 8.13. The summed E-state index contributed by atoms with van der Waals surface area (Å²) in [6, 6.07) is 25.4. The number of hydrogen-bond donors (Lipinski definition) is 1. The van der Waals surface area contributed by atoms with Gasteiger partial charge in [-0.1, -0.05) is 82.3 Å². The van der Waals surface area contributed by atoms with E-state index in [0.717, 1.165) is 64.8 Å². The molecule has 0 spiro atoms. The van der Waals surface area contributed by atoms with Crippen molar-refractivity contribution < 1.29 is 49.2 Å². The lowest BCUT2D eigenvalue weighted by Crippen LogP contribution is -2.15. The number of hydrogen-bond acceptors (Lipinski definition) is 10. The molecule has 0 saturated heterocycles. The van der Waals surface area contributed by atoms with Crippen LogP contribution in [0.1, 0.15) is 107 Å². The molecular formula is C50H48Cl2F2N2O9S2. The highest BCUT2D eigenvalue weighted by Gasteiger charge is 2.32. The van der Waals surface area contributed by atoms with Crippen LogP contribution in [0, 0.1) is 11.6 Å². The van der Waals surface area contributed by atoms with Crippen LogP contribution in [0.5, 0.6) is 0 Å². The molecule has 0 atom stereocenters. The molecule has 6 aromatic rings. The summed E-state index contributed by atoms with van der Waals surface area (Å²) in [5, 5.41) is 0. The first-order chi connectivity index (χ1) is 31.6. The second-order valence-corrected chi connectivity index (χ2v) is 21.0. The molecule has 352 valence electrons. The topological polar surface area (TPSA) is 167 Å². The predicted octanol–water partition coefficient (Wildman–Crippen LogP) is 11.9. The zero-order valence-corrected chi connectivity index (χ0v) is 40.6. The minimum Gasteiger partial charge on any atom is -0.465 e. The molecule has 0 bridgehead atoms. The lowest BCUT2D eigenvalue weighted by molar-refractivity contribution is 0.0590. The van der Waals surface area contributed by atoms with Crippen molar-refractivity contribution in [2.75, 3.05) is 14.2 Å². The third-order valence-electron chi connectivity index (χ3n) is 11.4. The van der Waals surface area contributed by atoms with Gasteiger partial charge in [-0.15, -0.1) is 0 Å². The van der Waals surface area contributed by atoms with Gasteiger partial charge in [0.1, 0.15) is 11.6 Å². The summed E-state index contributed by atoms with van der Waals surface area (Å²) in [7, 11) is 4.27. The van der Waals surface area contributed by atoms with Crippen LogP contribution in [-0.2, 0) is 53.5 Å². The Balaban J connectivity index is 0.000000202. The van der Waals surface area contributed by atoms with Crippen molar-refractivity contribution in [1.29, 1.82) is 0 Å². The quantitative estimate of drug-likeness (QED) is 0.0918. The smallest absolute Gasteiger partial charge is 0.353 e. The maximum absolute atomic E-state index is 13.7. The van der Waals surface area contributed by atoms with Gasteiger partial charge in [-0.3, -0.25) is 14.5 Å². The molecule has 4 aromatic carbocycles. The summed E-state index contributed by atoms with van der Waals surface area (Å²) >= 11 is 0. The fourth-order valence-electron chi connectivity index (χ4n) is 8.56. The van der Waals surface area contributed by atoms with Gasteiger partial charge in [-0.2, -0.15) is 8.42 Å². The summed E-state index contributed by atoms with van der Waals surface area (Å²) in [4.78, 5) is 35.7. The molecule has 8 rings (SSSR count). The maximum atomic E-state index is 13.7. The van der Waals surface area contributed by atoms with Crippen LogP contribution in [0.4, 0.5) is 8.78 Å². The van der Waals surface area contributed by atoms with Gasteiger partial charge in [0.2, 0.25) is 0 Å². The number of benzene rings is 4. The Labute approximate surface area is 398 Å². The number of ether oxygens (including phenoxy) is 2. The monoisotopic (exact) mass is 992 g/mol. The van der Waals surface area contributed by atoms with Gasteiger partial charge in [0.05, 0.1) is 53.0 Å². The third kappa shape index (κ3) is 11.8. The summed E-state index contributed by atoms with van der Waals surface area (Å²) in [6.07, 6.45) is 4.80. The number of carbonyl (C=O) groups excluding carboxylic acids is 2. The van der Waals surface area contributed by atoms with Crippen LogP contribution in [0.3, 0.4) is 0 Å². The van der Waals surface area contributed by atoms with Gasteiger partial charge in [0.25, 0.3) is 9.05 Å². The molecule has 0 saturated carbocycles. The minimum atomic E-state index is -4.19. The normalized spacial score (nSPS) is 13.0. The van der Waals surface area contributed by atoms with Crippen molar-refractivity contribution in [3.63, 3.8) is 0 Å². The van der Waals surface area contributed by atoms with Gasteiger partial charge in [0.15, 0.2) is 0 Å². The molecule has 2 heterocycles. The van der Waals surface area contributed by atoms with Gasteiger partial charge in [-0.05, 0) is 120 Å². The number of nitrogens with zero attached hydrogens (tertiary/aromatic N) is 2. The molecule has 17 heteroatoms. The fraction of sp³-hybridized carbons (Fsp3) is 0.280. The largest absolute Gasteiger partial charge is 0.465 e. The van der Waals surface area contributed by atoms with Crippen LogP contribution in [0.25, 0.3) is 44.8 Å². The molecule has 2 aliphatic carbocycles. The second kappa shape index (κ2) is 21.2. The molecule has 0 fully saturated rings. The average Bonchev–Trinajstić information content (AvgIpc) is 3.58. The third-order valence-corrected chi connectivity index (χ3v) is 12.8. The fourth-order valence-corrected chi connectivity index (χ4v) is 9.34. The standard InChI is InChI=1S/C25H23ClFNO4S.C25H24FNO2.ClHO3S/c1-14(2)23-22(25(29)32-3)21(16-7-10-17(27)11-8-16)19-6-4-5-15-9-12-18(33(26,30)31)13-20(15)24(19)28-23;1-15(2)23-22(25(28)29-3)21(17-11-13-18(26)14-12-17)20-10-6-8-16-7-4-5-9-19(16)24(20)27-23;1-5(2,3)4/h7-14H,4-6H2,1-3H3;4-5,7,9,11-15H,6,8,10H2,1-3H3;(H,2,3,4). The Morgan fingerprint density at radius 2 is 1.01 bits per heavy atom. The predicted molar refractivity (Wildman–Crippen MR) is 255 cm³/mol. The van der Waals surface area contributed by atoms with Gasteiger partial charge in [-0.25, -0.2) is 26.8 Å². The number of aromatic nitrogens is 2. The number of aryl methyl sites for hydroxylation is 2. The Morgan fingerprint density at radius 1 is 0.612 bits per heavy atom. The van der Waals surface area contributed by atoms with Gasteiger partial charge < -0.3 is 9.47 Å². The van der Waals surface area contributed by atoms with Crippen LogP contribution < -0.4 is 0 Å². The second-order valence-electron chi connectivity index (χ2n) is 16.5. The molecule has 2 aromatic heterocycles. The molecule has 1 N–H and O–H groups in total. The first-order valence-corrected chi connectivity index (χ1v) is 25.9. The Morgan fingerprint density at radius 3 is 1.42 bits per heavy atom. The van der Waals surface area contributed by atoms with E-state index >= 15 is 0 Å². The molecular weight excluding hydrogens is 946 g/mol. The van der Waals surface area contributed by atoms with Gasteiger partial charge in [0, 0.05) is 43.6 Å². The summed E-state index contributed by atoms with van der Waals surface area (Å²) < 4.78 is 86.9. The lowest BCUT2D eigenvalue weighted by Gasteiger charge is -2.22. The number of methoxy groups -OCH3 is 2. The molecule has 0 aliphatic heterocycles. The summed E-state index contributed by atoms with van der Waals surface area (Å²) in [6.45, 7) is 7.90. The molecule has 0 radical (unpaired) electrons. The molecule has 67 heavy (non-hydrogen) atoms. The first kappa shape index (κ1) is 50.8. The Hall–Kier alpha value is -5.58. The van der Waals surface area contributed by atoms with Crippen molar-refractivity contribution in [2.24, 2.45) is 0 Å². The van der Waals surface area contributed by atoms with E-state index in [9.17, 15) is 26.8 Å². The molecule has 0 amide bonds. The van der Waals surface area contributed by atoms with Crippen molar-refractivity contribution in [1.82, 2.24) is 9.97 Å². The van der Waals surface area contributed by atoms with Crippen LogP contribution in [0.2, 0.25) is 0 Å². The van der Waals surface area contributed by atoms with Crippen LogP contribution in [-0.4, -0.2) is 57.5 Å². The number of pyridine rings is 2. The maximum Gasteiger partial charge on any atom is 0.353 e. The van der Waals surface area contributed by atoms with E-state index in [2.05, 4.69) is 28.9 Å². The zero-order valence-electron chi connectivity index (χ0n) is 37.5. The van der Waals surface area contributed by atoms with E-state index < -0.39 is 30.3 Å². The number of halogens is 4. The average molecular weight is 994 g/mol. The Bertz CT molecular complexity index is 3070. The number of carbonyl (C=O) groups is 2. The minimum absolute atomic E-state index is 0.0101. The highest BCUT2D eigenvalue weighted by Crippen LogP contribution is 2.44. The number of fused-ring (bicyclic) bond motifs is 6. The Kier molecular flexibility index (Phi) is 16.0. The molecule has 2 aliphatic rings. The van der Waals surface area contributed by atoms with E-state index in [1.165, 1.54) is 50.1 Å².